The molecule has 8 nitrogen and oxygen atoms in total. The van der Waals surface area contributed by atoms with Crippen LogP contribution in [-0.4, -0.2) is 40.5 Å². The molecule has 1 unspecified atom stereocenters. The number of aliphatic hydroxyl groups is 1. The Morgan fingerprint density at radius 1 is 1.02 bits per heavy atom. The van der Waals surface area contributed by atoms with Gasteiger partial charge in [-0.3, -0.25) is 14.5 Å². The lowest BCUT2D eigenvalue weighted by Gasteiger charge is -2.25. The molecule has 42 heavy (non-hydrogen) atoms. The van der Waals surface area contributed by atoms with Gasteiger partial charge in [0.15, 0.2) is 22.4 Å². The Labute approximate surface area is 253 Å². The van der Waals surface area contributed by atoms with E-state index in [1.165, 1.54) is 27.6 Å². The van der Waals surface area contributed by atoms with Crippen molar-refractivity contribution in [2.75, 3.05) is 18.6 Å². The normalized spacial score (nSPS) is 15.2. The second-order valence-corrected chi connectivity index (χ2v) is 12.8. The lowest BCUT2D eigenvalue weighted by atomic mass is 9.95. The number of hydrogen-bond acceptors (Lipinski definition) is 9. The van der Waals surface area contributed by atoms with E-state index in [2.05, 4.69) is 11.9 Å². The monoisotopic (exact) mass is 605 g/mol. The second-order valence-electron chi connectivity index (χ2n) is 10.6. The molecule has 0 spiro atoms. The molecule has 220 valence electrons. The third-order valence-corrected chi connectivity index (χ3v) is 9.42. The first kappa shape index (κ1) is 29.7. The van der Waals surface area contributed by atoms with Gasteiger partial charge in [-0.2, -0.15) is 0 Å². The number of carbonyl (C=O) groups excluding carboxylic acids is 2. The number of anilines is 1. The maximum atomic E-state index is 14.0. The Bertz CT molecular complexity index is 1700. The van der Waals surface area contributed by atoms with Gasteiger partial charge < -0.3 is 14.6 Å². The van der Waals surface area contributed by atoms with Crippen molar-refractivity contribution < 1.29 is 24.2 Å². The smallest absolute Gasteiger partial charge is 0.296 e. The number of nitrogens with zero attached hydrogens (tertiary/aromatic N) is 3. The number of methoxy groups -OCH3 is 1. The largest absolute Gasteiger partial charge is 0.503 e. The van der Waals surface area contributed by atoms with Crippen LogP contribution >= 0.6 is 22.7 Å². The van der Waals surface area contributed by atoms with Gasteiger partial charge in [-0.25, -0.2) is 9.97 Å². The second kappa shape index (κ2) is 12.2. The zero-order valence-corrected chi connectivity index (χ0v) is 26.4. The van der Waals surface area contributed by atoms with Gasteiger partial charge in [0, 0.05) is 0 Å². The van der Waals surface area contributed by atoms with Crippen LogP contribution in [0.3, 0.4) is 0 Å². The van der Waals surface area contributed by atoms with Crippen molar-refractivity contribution in [3.05, 3.63) is 73.9 Å². The van der Waals surface area contributed by atoms with Crippen molar-refractivity contribution in [1.29, 1.82) is 0 Å². The van der Waals surface area contributed by atoms with Crippen molar-refractivity contribution in [2.45, 2.75) is 66.3 Å². The summed E-state index contributed by atoms with van der Waals surface area (Å²) in [6.45, 7) is 10.3. The first-order chi connectivity index (χ1) is 20.1. The van der Waals surface area contributed by atoms with E-state index < -0.39 is 23.5 Å². The Balaban J connectivity index is 1.61. The summed E-state index contributed by atoms with van der Waals surface area (Å²) in [5.41, 5.74) is 4.00. The number of hydrogen-bond donors (Lipinski definition) is 1. The van der Waals surface area contributed by atoms with E-state index in [4.69, 9.17) is 14.5 Å². The molecule has 10 heteroatoms. The Morgan fingerprint density at radius 2 is 1.81 bits per heavy atom. The maximum Gasteiger partial charge on any atom is 0.296 e. The summed E-state index contributed by atoms with van der Waals surface area (Å²) in [5, 5.41) is 12.4. The van der Waals surface area contributed by atoms with E-state index in [0.717, 1.165) is 52.0 Å². The molecule has 1 atom stereocenters. The highest BCUT2D eigenvalue weighted by Gasteiger charge is 2.46. The molecule has 0 saturated carbocycles. The lowest BCUT2D eigenvalue weighted by molar-refractivity contribution is -0.117. The fourth-order valence-corrected chi connectivity index (χ4v) is 7.40. The highest BCUT2D eigenvalue weighted by atomic mass is 32.1. The molecule has 0 bridgehead atoms. The van der Waals surface area contributed by atoms with Gasteiger partial charge in [-0.15, -0.1) is 11.3 Å². The summed E-state index contributed by atoms with van der Waals surface area (Å²) in [6, 6.07) is 8.52. The van der Waals surface area contributed by atoms with Gasteiger partial charge in [-0.05, 0) is 69.0 Å². The molecule has 0 radical (unpaired) electrons. The first-order valence-electron chi connectivity index (χ1n) is 14.1. The molecule has 2 aromatic carbocycles. The Kier molecular flexibility index (Phi) is 8.65. The molecule has 0 aliphatic carbocycles. The van der Waals surface area contributed by atoms with E-state index in [1.54, 1.807) is 26.2 Å². The standard InChI is InChI=1S/C32H35N3O5S2/c1-7-8-9-10-13-40-22-12-11-21(16-23(22)39-6)27-25(28(36)30-19(4)33-20(5)41-30)29(37)31(38)35(27)32-34-26-18(3)14-17(2)15-24(26)42-32/h11-12,14-16,27,37H,7-10,13H2,1-6H3. The van der Waals surface area contributed by atoms with Crippen LogP contribution in [0, 0.1) is 27.7 Å². The number of carbonyl (C=O) groups is 2. The van der Waals surface area contributed by atoms with Crippen LogP contribution in [0.2, 0.25) is 0 Å². The van der Waals surface area contributed by atoms with Crippen molar-refractivity contribution >= 4 is 49.7 Å². The van der Waals surface area contributed by atoms with E-state index in [9.17, 15) is 14.7 Å². The molecule has 2 aromatic heterocycles. The highest BCUT2D eigenvalue weighted by molar-refractivity contribution is 7.22. The van der Waals surface area contributed by atoms with Crippen molar-refractivity contribution in [3.63, 3.8) is 0 Å². The fourth-order valence-electron chi connectivity index (χ4n) is 5.36. The quantitative estimate of drug-likeness (QED) is 0.138. The number of rotatable bonds is 11. The minimum absolute atomic E-state index is 0.00537. The SMILES string of the molecule is CCCCCCOc1ccc(C2C(C(=O)c3sc(C)nc3C)=C(O)C(=O)N2c2nc3c(C)cc(C)cc3s2)cc1OC. The average molecular weight is 606 g/mol. The van der Waals surface area contributed by atoms with Gasteiger partial charge in [0.25, 0.3) is 5.91 Å². The number of ketones is 1. The van der Waals surface area contributed by atoms with Crippen molar-refractivity contribution in [2.24, 2.45) is 0 Å². The number of unbranched alkanes of at least 4 members (excludes halogenated alkanes) is 3. The summed E-state index contributed by atoms with van der Waals surface area (Å²) < 4.78 is 12.6. The molecule has 3 heterocycles. The number of thiazole rings is 2. The number of ether oxygens (including phenoxy) is 2. The number of benzene rings is 2. The molecule has 0 fully saturated rings. The number of Topliss-reactive ketones (excluding diaryl/α,β-unsaturated/α-hetero) is 1. The van der Waals surface area contributed by atoms with Crippen molar-refractivity contribution in [3.8, 4) is 11.5 Å². The molecular weight excluding hydrogens is 571 g/mol. The summed E-state index contributed by atoms with van der Waals surface area (Å²) in [5.74, 6) is -0.632. The molecule has 1 aliphatic heterocycles. The van der Waals surface area contributed by atoms with Crippen molar-refractivity contribution in [1.82, 2.24) is 9.97 Å². The molecule has 1 amide bonds. The van der Waals surface area contributed by atoms with Crippen LogP contribution in [-0.2, 0) is 4.79 Å². The number of fused-ring (bicyclic) bond motifs is 1. The van der Waals surface area contributed by atoms with Gasteiger partial charge >= 0.3 is 0 Å². The molecule has 1 N–H and O–H groups in total. The van der Waals surface area contributed by atoms with E-state index in [1.807, 2.05) is 39.0 Å². The average Bonchev–Trinajstić information content (AvgIpc) is 3.61. The van der Waals surface area contributed by atoms with E-state index in [0.29, 0.717) is 39.4 Å². The number of aryl methyl sites for hydroxylation is 4. The van der Waals surface area contributed by atoms with Crippen LogP contribution < -0.4 is 14.4 Å². The summed E-state index contributed by atoms with van der Waals surface area (Å²) in [4.78, 5) is 38.8. The van der Waals surface area contributed by atoms with Gasteiger partial charge in [0.1, 0.15) is 0 Å². The van der Waals surface area contributed by atoms with Gasteiger partial charge in [-0.1, -0.05) is 49.7 Å². The summed E-state index contributed by atoms with van der Waals surface area (Å²) in [6.07, 6.45) is 4.32. The predicted octanol–water partition coefficient (Wildman–Crippen LogP) is 7.74. The zero-order chi connectivity index (χ0) is 30.1. The molecule has 4 aromatic rings. The van der Waals surface area contributed by atoms with E-state index >= 15 is 0 Å². The summed E-state index contributed by atoms with van der Waals surface area (Å²) >= 11 is 2.60. The van der Waals surface area contributed by atoms with Crippen LogP contribution in [0.5, 0.6) is 11.5 Å². The third-order valence-electron chi connectivity index (χ3n) is 7.35. The number of amides is 1. The van der Waals surface area contributed by atoms with Crippen LogP contribution in [0.4, 0.5) is 5.13 Å². The maximum absolute atomic E-state index is 14.0. The number of aromatic nitrogens is 2. The van der Waals surface area contributed by atoms with Gasteiger partial charge in [0.2, 0.25) is 5.78 Å². The topological polar surface area (TPSA) is 102 Å². The fraction of sp³-hybridized carbons (Fsp3) is 0.375. The first-order valence-corrected chi connectivity index (χ1v) is 15.7. The van der Waals surface area contributed by atoms with E-state index in [-0.39, 0.29) is 5.57 Å². The predicted molar refractivity (Wildman–Crippen MR) is 168 cm³/mol. The van der Waals surface area contributed by atoms with Crippen LogP contribution in [0.15, 0.2) is 41.7 Å². The highest BCUT2D eigenvalue weighted by Crippen LogP contribution is 2.46. The molecule has 0 saturated heterocycles. The molecular formula is C32H35N3O5S2. The Morgan fingerprint density at radius 3 is 2.50 bits per heavy atom. The zero-order valence-electron chi connectivity index (χ0n) is 24.7. The lowest BCUT2D eigenvalue weighted by Crippen LogP contribution is -2.31. The van der Waals surface area contributed by atoms with Crippen LogP contribution in [0.1, 0.15) is 75.7 Å². The third kappa shape index (κ3) is 5.53. The number of aliphatic hydroxyl groups excluding tert-OH is 1. The summed E-state index contributed by atoms with van der Waals surface area (Å²) in [7, 11) is 1.56. The Hall–Kier alpha value is -3.76. The minimum atomic E-state index is -0.929. The molecule has 5 rings (SSSR count). The van der Waals surface area contributed by atoms with Crippen LogP contribution in [0.25, 0.3) is 10.2 Å². The minimum Gasteiger partial charge on any atom is -0.503 e. The molecule has 1 aliphatic rings. The van der Waals surface area contributed by atoms with Gasteiger partial charge in [0.05, 0.1) is 51.1 Å².